The first kappa shape index (κ1) is 11.9. The summed E-state index contributed by atoms with van der Waals surface area (Å²) in [5, 5.41) is 0. The van der Waals surface area contributed by atoms with Gasteiger partial charge in [0.2, 0.25) is 0 Å². The van der Waals surface area contributed by atoms with Crippen LogP contribution in [0.4, 0.5) is 0 Å². The Kier molecular flexibility index (Phi) is 3.01. The molecule has 0 amide bonds. The van der Waals surface area contributed by atoms with Crippen molar-refractivity contribution in [3.63, 3.8) is 0 Å². The van der Waals surface area contributed by atoms with E-state index in [-0.39, 0.29) is 0 Å². The number of benzene rings is 1. The highest BCUT2D eigenvalue weighted by atomic mass is 15.1. The van der Waals surface area contributed by atoms with Crippen molar-refractivity contribution in [2.45, 2.75) is 13.3 Å². The predicted molar refractivity (Wildman–Crippen MR) is 76.4 cm³/mol. The van der Waals surface area contributed by atoms with Gasteiger partial charge >= 0.3 is 0 Å². The zero-order chi connectivity index (χ0) is 13.2. The molecule has 0 aliphatic heterocycles. The molecule has 1 aromatic carbocycles. The van der Waals surface area contributed by atoms with Crippen LogP contribution < -0.4 is 5.73 Å². The number of aromatic nitrogens is 3. The normalized spacial score (nSPS) is 11.1. The number of nitrogens with two attached hydrogens (primary N) is 1. The lowest BCUT2D eigenvalue weighted by Gasteiger charge is -2.10. The lowest BCUT2D eigenvalue weighted by molar-refractivity contribution is 0.831. The molecule has 0 unspecified atom stereocenters. The topological polar surface area (TPSA) is 56.7 Å². The van der Waals surface area contributed by atoms with E-state index in [2.05, 4.69) is 33.6 Å². The SMILES string of the molecule is Cc1cccnc1-n1c(CCN)nc2ccccc21. The molecule has 96 valence electrons. The maximum absolute atomic E-state index is 5.69. The van der Waals surface area contributed by atoms with Crippen molar-refractivity contribution in [3.05, 3.63) is 54.0 Å². The number of imidazole rings is 1. The van der Waals surface area contributed by atoms with E-state index < -0.39 is 0 Å². The maximum atomic E-state index is 5.69. The minimum absolute atomic E-state index is 0.579. The molecule has 4 heteroatoms. The van der Waals surface area contributed by atoms with Gasteiger partial charge in [-0.25, -0.2) is 9.97 Å². The Balaban J connectivity index is 2.31. The van der Waals surface area contributed by atoms with Gasteiger partial charge in [-0.3, -0.25) is 4.57 Å². The number of aryl methyl sites for hydroxylation is 1. The van der Waals surface area contributed by atoms with Crippen LogP contribution in [-0.4, -0.2) is 21.1 Å². The van der Waals surface area contributed by atoms with E-state index >= 15 is 0 Å². The summed E-state index contributed by atoms with van der Waals surface area (Å²) in [4.78, 5) is 9.16. The van der Waals surface area contributed by atoms with Gasteiger partial charge in [0.1, 0.15) is 11.6 Å². The second kappa shape index (κ2) is 4.82. The molecule has 0 aliphatic carbocycles. The van der Waals surface area contributed by atoms with E-state index in [0.29, 0.717) is 6.54 Å². The molecule has 0 saturated carbocycles. The van der Waals surface area contributed by atoms with Crippen molar-refractivity contribution in [1.29, 1.82) is 0 Å². The Hall–Kier alpha value is -2.20. The third-order valence-corrected chi connectivity index (χ3v) is 3.19. The predicted octanol–water partition coefficient (Wildman–Crippen LogP) is 2.23. The number of hydrogen-bond acceptors (Lipinski definition) is 3. The molecule has 0 radical (unpaired) electrons. The summed E-state index contributed by atoms with van der Waals surface area (Å²) in [7, 11) is 0. The zero-order valence-corrected chi connectivity index (χ0v) is 10.9. The number of para-hydroxylation sites is 2. The first-order valence-corrected chi connectivity index (χ1v) is 6.39. The lowest BCUT2D eigenvalue weighted by Crippen LogP contribution is -2.10. The van der Waals surface area contributed by atoms with Crippen LogP contribution in [0.5, 0.6) is 0 Å². The van der Waals surface area contributed by atoms with Crippen LogP contribution in [0.2, 0.25) is 0 Å². The van der Waals surface area contributed by atoms with E-state index in [1.54, 1.807) is 0 Å². The van der Waals surface area contributed by atoms with Gasteiger partial charge in [-0.15, -0.1) is 0 Å². The smallest absolute Gasteiger partial charge is 0.141 e. The van der Waals surface area contributed by atoms with E-state index in [0.717, 1.165) is 34.7 Å². The van der Waals surface area contributed by atoms with Crippen molar-refractivity contribution >= 4 is 11.0 Å². The fourth-order valence-electron chi connectivity index (χ4n) is 2.32. The molecule has 4 nitrogen and oxygen atoms in total. The number of pyridine rings is 1. The second-order valence-electron chi connectivity index (χ2n) is 4.53. The summed E-state index contributed by atoms with van der Waals surface area (Å²) in [5.41, 5.74) is 8.88. The second-order valence-corrected chi connectivity index (χ2v) is 4.53. The summed E-state index contributed by atoms with van der Waals surface area (Å²) in [6.45, 7) is 2.64. The first-order valence-electron chi connectivity index (χ1n) is 6.39. The molecule has 3 aromatic rings. The van der Waals surface area contributed by atoms with E-state index in [1.165, 1.54) is 0 Å². The van der Waals surface area contributed by atoms with Crippen LogP contribution in [0.3, 0.4) is 0 Å². The molecule has 0 atom stereocenters. The van der Waals surface area contributed by atoms with Crippen LogP contribution in [0.15, 0.2) is 42.6 Å². The maximum Gasteiger partial charge on any atom is 0.141 e. The minimum Gasteiger partial charge on any atom is -0.330 e. The van der Waals surface area contributed by atoms with Crippen LogP contribution >= 0.6 is 0 Å². The molecule has 0 spiro atoms. The molecular formula is C15H16N4. The summed E-state index contributed by atoms with van der Waals surface area (Å²) in [6.07, 6.45) is 2.55. The molecule has 0 saturated heterocycles. The first-order chi connectivity index (χ1) is 9.31. The van der Waals surface area contributed by atoms with Gasteiger partial charge in [0, 0.05) is 12.6 Å². The van der Waals surface area contributed by atoms with Crippen LogP contribution in [0.1, 0.15) is 11.4 Å². The molecule has 2 heterocycles. The van der Waals surface area contributed by atoms with Crippen molar-refractivity contribution < 1.29 is 0 Å². The molecule has 2 aromatic heterocycles. The van der Waals surface area contributed by atoms with Crippen molar-refractivity contribution in [1.82, 2.24) is 14.5 Å². The Morgan fingerprint density at radius 1 is 1.16 bits per heavy atom. The van der Waals surface area contributed by atoms with Gasteiger partial charge in [-0.05, 0) is 37.2 Å². The molecule has 3 rings (SSSR count). The van der Waals surface area contributed by atoms with Gasteiger partial charge in [-0.1, -0.05) is 18.2 Å². The summed E-state index contributed by atoms with van der Waals surface area (Å²) in [5.74, 6) is 1.89. The Labute approximate surface area is 111 Å². The van der Waals surface area contributed by atoms with E-state index in [4.69, 9.17) is 5.73 Å². The summed E-state index contributed by atoms with van der Waals surface area (Å²) < 4.78 is 2.11. The molecule has 19 heavy (non-hydrogen) atoms. The quantitative estimate of drug-likeness (QED) is 0.777. The van der Waals surface area contributed by atoms with Gasteiger partial charge in [0.15, 0.2) is 0 Å². The Bertz CT molecular complexity index is 715. The summed E-state index contributed by atoms with van der Waals surface area (Å²) >= 11 is 0. The van der Waals surface area contributed by atoms with Crippen molar-refractivity contribution in [2.75, 3.05) is 6.54 Å². The van der Waals surface area contributed by atoms with Crippen molar-refractivity contribution in [2.24, 2.45) is 5.73 Å². The number of hydrogen-bond donors (Lipinski definition) is 1. The standard InChI is InChI=1S/C15H16N4/c1-11-5-4-10-17-15(11)19-13-7-3-2-6-12(13)18-14(19)8-9-16/h2-7,10H,8-9,16H2,1H3. The largest absolute Gasteiger partial charge is 0.330 e. The average Bonchev–Trinajstić information content (AvgIpc) is 2.78. The van der Waals surface area contributed by atoms with E-state index in [1.807, 2.05) is 30.5 Å². The Morgan fingerprint density at radius 3 is 2.79 bits per heavy atom. The number of rotatable bonds is 3. The number of fused-ring (bicyclic) bond motifs is 1. The molecule has 0 fully saturated rings. The van der Waals surface area contributed by atoms with Crippen molar-refractivity contribution in [3.8, 4) is 5.82 Å². The Morgan fingerprint density at radius 2 is 2.00 bits per heavy atom. The molecule has 0 aliphatic rings. The van der Waals surface area contributed by atoms with Gasteiger partial charge in [0.25, 0.3) is 0 Å². The monoisotopic (exact) mass is 252 g/mol. The van der Waals surface area contributed by atoms with Crippen LogP contribution in [0.25, 0.3) is 16.9 Å². The fourth-order valence-corrected chi connectivity index (χ4v) is 2.32. The van der Waals surface area contributed by atoms with Gasteiger partial charge in [-0.2, -0.15) is 0 Å². The highest BCUT2D eigenvalue weighted by Gasteiger charge is 2.13. The molecular weight excluding hydrogens is 236 g/mol. The fraction of sp³-hybridized carbons (Fsp3) is 0.200. The van der Waals surface area contributed by atoms with Gasteiger partial charge < -0.3 is 5.73 Å². The van der Waals surface area contributed by atoms with Crippen LogP contribution in [0, 0.1) is 6.92 Å². The van der Waals surface area contributed by atoms with E-state index in [9.17, 15) is 0 Å². The lowest BCUT2D eigenvalue weighted by atomic mass is 10.2. The zero-order valence-electron chi connectivity index (χ0n) is 10.9. The minimum atomic E-state index is 0.579. The molecule has 0 bridgehead atoms. The third-order valence-electron chi connectivity index (χ3n) is 3.19. The molecule has 2 N–H and O–H groups in total. The summed E-state index contributed by atoms with van der Waals surface area (Å²) in [6, 6.07) is 12.1. The van der Waals surface area contributed by atoms with Gasteiger partial charge in [0.05, 0.1) is 11.0 Å². The highest BCUT2D eigenvalue weighted by molar-refractivity contribution is 5.78. The van der Waals surface area contributed by atoms with Crippen LogP contribution in [-0.2, 0) is 6.42 Å². The number of nitrogens with zero attached hydrogens (tertiary/aromatic N) is 3. The third kappa shape index (κ3) is 2.00. The highest BCUT2D eigenvalue weighted by Crippen LogP contribution is 2.22. The average molecular weight is 252 g/mol.